The predicted molar refractivity (Wildman–Crippen MR) is 87.0 cm³/mol. The summed E-state index contributed by atoms with van der Waals surface area (Å²) in [7, 11) is 0. The number of hydrogen-bond acceptors (Lipinski definition) is 4. The molecule has 0 N–H and O–H groups in total. The first-order chi connectivity index (χ1) is 11.8. The third-order valence-corrected chi connectivity index (χ3v) is 4.45. The molecule has 1 aliphatic heterocycles. The highest BCUT2D eigenvalue weighted by Gasteiger charge is 2.25. The molecule has 1 saturated heterocycles. The Balaban J connectivity index is 1.45. The van der Waals surface area contributed by atoms with Gasteiger partial charge in [0.2, 0.25) is 0 Å². The molecule has 1 fully saturated rings. The molecule has 0 amide bonds. The standard InChI is InChI=1S/C17H19FN6/c18-14-3-1-4-16(9-14)24-8-6-15(21-24)10-22-7-2-5-17(22)11-23-13-19-12-20-23/h1,3-4,6,8-9,12-13,17H,2,5,7,10-11H2. The van der Waals surface area contributed by atoms with Gasteiger partial charge in [-0.25, -0.2) is 14.1 Å². The molecule has 0 spiro atoms. The van der Waals surface area contributed by atoms with Crippen LogP contribution in [0, 0.1) is 5.82 Å². The zero-order chi connectivity index (χ0) is 16.4. The molecular weight excluding hydrogens is 307 g/mol. The SMILES string of the molecule is Fc1cccc(-n2ccc(CN3CCCC3Cn3cncn3)n2)c1. The van der Waals surface area contributed by atoms with Crippen LogP contribution in [-0.4, -0.2) is 42.0 Å². The molecule has 3 aromatic rings. The van der Waals surface area contributed by atoms with Crippen LogP contribution >= 0.6 is 0 Å². The highest BCUT2D eigenvalue weighted by atomic mass is 19.1. The Morgan fingerprint density at radius 3 is 3.04 bits per heavy atom. The van der Waals surface area contributed by atoms with Gasteiger partial charge in [-0.15, -0.1) is 0 Å². The van der Waals surface area contributed by atoms with Gasteiger partial charge in [0.25, 0.3) is 0 Å². The maximum atomic E-state index is 13.4. The van der Waals surface area contributed by atoms with E-state index in [-0.39, 0.29) is 5.82 Å². The molecule has 6 nitrogen and oxygen atoms in total. The number of benzene rings is 1. The average molecular weight is 326 g/mol. The zero-order valence-corrected chi connectivity index (χ0v) is 13.3. The lowest BCUT2D eigenvalue weighted by molar-refractivity contribution is 0.216. The van der Waals surface area contributed by atoms with Crippen molar-refractivity contribution >= 4 is 0 Å². The Labute approximate surface area is 139 Å². The van der Waals surface area contributed by atoms with Gasteiger partial charge in [0.15, 0.2) is 0 Å². The molecule has 0 radical (unpaired) electrons. The van der Waals surface area contributed by atoms with Crippen molar-refractivity contribution in [1.29, 1.82) is 0 Å². The lowest BCUT2D eigenvalue weighted by atomic mass is 10.2. The van der Waals surface area contributed by atoms with Gasteiger partial charge in [-0.2, -0.15) is 10.2 Å². The van der Waals surface area contributed by atoms with Gasteiger partial charge in [-0.1, -0.05) is 6.07 Å². The molecule has 124 valence electrons. The van der Waals surface area contributed by atoms with Crippen LogP contribution in [0.5, 0.6) is 0 Å². The highest BCUT2D eigenvalue weighted by Crippen LogP contribution is 2.21. The van der Waals surface area contributed by atoms with E-state index in [4.69, 9.17) is 0 Å². The van der Waals surface area contributed by atoms with Gasteiger partial charge in [-0.3, -0.25) is 9.58 Å². The Bertz CT molecular complexity index is 797. The summed E-state index contributed by atoms with van der Waals surface area (Å²) in [4.78, 5) is 6.43. The molecule has 1 aliphatic rings. The van der Waals surface area contributed by atoms with Crippen molar-refractivity contribution in [3.63, 3.8) is 0 Å². The van der Waals surface area contributed by atoms with Crippen LogP contribution in [0.4, 0.5) is 4.39 Å². The number of aromatic nitrogens is 5. The topological polar surface area (TPSA) is 51.8 Å². The van der Waals surface area contributed by atoms with Crippen molar-refractivity contribution in [3.8, 4) is 5.69 Å². The van der Waals surface area contributed by atoms with Gasteiger partial charge in [0, 0.05) is 18.8 Å². The zero-order valence-electron chi connectivity index (χ0n) is 13.3. The molecule has 3 heterocycles. The van der Waals surface area contributed by atoms with Crippen molar-refractivity contribution in [2.75, 3.05) is 6.54 Å². The number of hydrogen-bond donors (Lipinski definition) is 0. The largest absolute Gasteiger partial charge is 0.293 e. The fourth-order valence-corrected chi connectivity index (χ4v) is 3.27. The number of nitrogens with zero attached hydrogens (tertiary/aromatic N) is 6. The van der Waals surface area contributed by atoms with E-state index in [1.807, 2.05) is 23.0 Å². The first-order valence-electron chi connectivity index (χ1n) is 8.15. The van der Waals surface area contributed by atoms with E-state index in [0.29, 0.717) is 6.04 Å². The monoisotopic (exact) mass is 326 g/mol. The second-order valence-electron chi connectivity index (χ2n) is 6.12. The van der Waals surface area contributed by atoms with E-state index in [1.54, 1.807) is 23.4 Å². The van der Waals surface area contributed by atoms with E-state index < -0.39 is 0 Å². The van der Waals surface area contributed by atoms with Crippen LogP contribution in [0.15, 0.2) is 49.2 Å². The summed E-state index contributed by atoms with van der Waals surface area (Å²) in [5, 5.41) is 8.79. The minimum atomic E-state index is -0.253. The number of rotatable bonds is 5. The molecule has 24 heavy (non-hydrogen) atoms. The molecule has 0 aliphatic carbocycles. The Morgan fingerprint density at radius 2 is 2.21 bits per heavy atom. The smallest absolute Gasteiger partial charge is 0.137 e. The van der Waals surface area contributed by atoms with E-state index in [0.717, 1.165) is 37.4 Å². The fourth-order valence-electron chi connectivity index (χ4n) is 3.27. The Hall–Kier alpha value is -2.54. The van der Waals surface area contributed by atoms with E-state index in [1.165, 1.54) is 18.6 Å². The molecule has 0 bridgehead atoms. The van der Waals surface area contributed by atoms with Gasteiger partial charge in [0.1, 0.15) is 18.5 Å². The summed E-state index contributed by atoms with van der Waals surface area (Å²) in [5.41, 5.74) is 1.73. The highest BCUT2D eigenvalue weighted by molar-refractivity contribution is 5.31. The third-order valence-electron chi connectivity index (χ3n) is 4.45. The fraction of sp³-hybridized carbons (Fsp3) is 0.353. The van der Waals surface area contributed by atoms with Crippen LogP contribution in [0.2, 0.25) is 0 Å². The van der Waals surface area contributed by atoms with Crippen LogP contribution in [-0.2, 0) is 13.1 Å². The average Bonchev–Trinajstić information content (AvgIpc) is 3.32. The minimum absolute atomic E-state index is 0.253. The predicted octanol–water partition coefficient (Wildman–Crippen LogP) is 2.27. The molecule has 7 heteroatoms. The summed E-state index contributed by atoms with van der Waals surface area (Å²) < 4.78 is 17.0. The molecule has 1 atom stereocenters. The van der Waals surface area contributed by atoms with Crippen LogP contribution in [0.25, 0.3) is 5.69 Å². The van der Waals surface area contributed by atoms with Crippen molar-refractivity contribution in [2.45, 2.75) is 32.0 Å². The Morgan fingerprint density at radius 1 is 1.25 bits per heavy atom. The summed E-state index contributed by atoms with van der Waals surface area (Å²) in [6.45, 7) is 2.71. The molecule has 1 unspecified atom stereocenters. The second kappa shape index (κ2) is 6.52. The molecule has 0 saturated carbocycles. The normalized spacial score (nSPS) is 18.3. The summed E-state index contributed by atoms with van der Waals surface area (Å²) in [6, 6.07) is 8.91. The van der Waals surface area contributed by atoms with E-state index >= 15 is 0 Å². The van der Waals surface area contributed by atoms with Crippen LogP contribution in [0.3, 0.4) is 0 Å². The van der Waals surface area contributed by atoms with Crippen LogP contribution < -0.4 is 0 Å². The lowest BCUT2D eigenvalue weighted by Gasteiger charge is -2.23. The van der Waals surface area contributed by atoms with Gasteiger partial charge >= 0.3 is 0 Å². The third kappa shape index (κ3) is 3.21. The molecule has 4 rings (SSSR count). The van der Waals surface area contributed by atoms with Crippen molar-refractivity contribution in [2.24, 2.45) is 0 Å². The number of likely N-dealkylation sites (tertiary alicyclic amines) is 1. The van der Waals surface area contributed by atoms with Gasteiger partial charge in [-0.05, 0) is 43.7 Å². The number of halogens is 1. The Kier molecular flexibility index (Phi) is 4.08. The van der Waals surface area contributed by atoms with Crippen molar-refractivity contribution in [3.05, 3.63) is 60.7 Å². The summed E-state index contributed by atoms with van der Waals surface area (Å²) in [6.07, 6.45) is 7.55. The first kappa shape index (κ1) is 15.0. The second-order valence-corrected chi connectivity index (χ2v) is 6.12. The van der Waals surface area contributed by atoms with Crippen molar-refractivity contribution in [1.82, 2.24) is 29.4 Å². The maximum absolute atomic E-state index is 13.4. The molecule has 2 aromatic heterocycles. The summed E-state index contributed by atoms with van der Waals surface area (Å²) in [5.74, 6) is -0.253. The van der Waals surface area contributed by atoms with E-state index in [2.05, 4.69) is 20.1 Å². The lowest BCUT2D eigenvalue weighted by Crippen LogP contribution is -2.32. The van der Waals surface area contributed by atoms with Crippen molar-refractivity contribution < 1.29 is 4.39 Å². The van der Waals surface area contributed by atoms with Crippen LogP contribution in [0.1, 0.15) is 18.5 Å². The van der Waals surface area contributed by atoms with Gasteiger partial charge in [0.05, 0.1) is 17.9 Å². The molecule has 1 aromatic carbocycles. The summed E-state index contributed by atoms with van der Waals surface area (Å²) >= 11 is 0. The maximum Gasteiger partial charge on any atom is 0.137 e. The van der Waals surface area contributed by atoms with E-state index in [9.17, 15) is 4.39 Å². The molecular formula is C17H19FN6. The van der Waals surface area contributed by atoms with Gasteiger partial charge < -0.3 is 0 Å². The quantitative estimate of drug-likeness (QED) is 0.722. The minimum Gasteiger partial charge on any atom is -0.293 e. The first-order valence-corrected chi connectivity index (χ1v) is 8.15.